The molecule has 0 radical (unpaired) electrons. The number of nitrogens with zero attached hydrogens (tertiary/aromatic N) is 4. The molecular formula is C10H13N5. The summed E-state index contributed by atoms with van der Waals surface area (Å²) in [6, 6.07) is 1.74. The van der Waals surface area contributed by atoms with Gasteiger partial charge in [0, 0.05) is 31.9 Å². The van der Waals surface area contributed by atoms with Gasteiger partial charge in [0.05, 0.1) is 0 Å². The van der Waals surface area contributed by atoms with Gasteiger partial charge in [-0.2, -0.15) is 0 Å². The number of aromatic nitrogens is 4. The summed E-state index contributed by atoms with van der Waals surface area (Å²) in [4.78, 5) is 12.7. The van der Waals surface area contributed by atoms with Crippen LogP contribution in [0.3, 0.4) is 0 Å². The van der Waals surface area contributed by atoms with E-state index in [9.17, 15) is 0 Å². The summed E-state index contributed by atoms with van der Waals surface area (Å²) in [6.07, 6.45) is 4.38. The number of aryl methyl sites for hydroxylation is 2. The molecule has 0 bridgehead atoms. The van der Waals surface area contributed by atoms with E-state index in [1.54, 1.807) is 12.3 Å². The fraction of sp³-hybridized carbons (Fsp3) is 0.300. The summed E-state index contributed by atoms with van der Waals surface area (Å²) in [7, 11) is 1.92. The summed E-state index contributed by atoms with van der Waals surface area (Å²) in [5.41, 5.74) is 6.47. The zero-order valence-corrected chi connectivity index (χ0v) is 8.81. The SMILES string of the molecule is CCc1nc(N)cc(-c2nccn2C)n1. The number of imidazole rings is 1. The van der Waals surface area contributed by atoms with Gasteiger partial charge in [0.25, 0.3) is 0 Å². The minimum absolute atomic E-state index is 0.486. The van der Waals surface area contributed by atoms with Gasteiger partial charge < -0.3 is 10.3 Å². The van der Waals surface area contributed by atoms with Crippen LogP contribution in [0.1, 0.15) is 12.7 Å². The monoisotopic (exact) mass is 203 g/mol. The summed E-state index contributed by atoms with van der Waals surface area (Å²) in [6.45, 7) is 2.00. The molecule has 0 saturated carbocycles. The molecule has 0 atom stereocenters. The van der Waals surface area contributed by atoms with E-state index in [-0.39, 0.29) is 0 Å². The van der Waals surface area contributed by atoms with Gasteiger partial charge in [-0.05, 0) is 0 Å². The minimum atomic E-state index is 0.486. The zero-order chi connectivity index (χ0) is 10.8. The normalized spacial score (nSPS) is 10.5. The Morgan fingerprint density at radius 1 is 1.40 bits per heavy atom. The summed E-state index contributed by atoms with van der Waals surface area (Å²) in [5.74, 6) is 2.03. The van der Waals surface area contributed by atoms with Gasteiger partial charge >= 0.3 is 0 Å². The Morgan fingerprint density at radius 2 is 2.20 bits per heavy atom. The van der Waals surface area contributed by atoms with Crippen molar-refractivity contribution >= 4 is 5.82 Å². The van der Waals surface area contributed by atoms with E-state index in [1.807, 2.05) is 24.7 Å². The second-order valence-corrected chi connectivity index (χ2v) is 3.31. The van der Waals surface area contributed by atoms with Crippen LogP contribution >= 0.6 is 0 Å². The largest absolute Gasteiger partial charge is 0.384 e. The number of hydrogen-bond donors (Lipinski definition) is 1. The van der Waals surface area contributed by atoms with Gasteiger partial charge in [-0.3, -0.25) is 0 Å². The van der Waals surface area contributed by atoms with Gasteiger partial charge in [-0.15, -0.1) is 0 Å². The first kappa shape index (κ1) is 9.64. The van der Waals surface area contributed by atoms with E-state index in [1.165, 1.54) is 0 Å². The lowest BCUT2D eigenvalue weighted by atomic mass is 10.3. The molecule has 2 aromatic heterocycles. The average molecular weight is 203 g/mol. The first-order valence-corrected chi connectivity index (χ1v) is 4.82. The summed E-state index contributed by atoms with van der Waals surface area (Å²) < 4.78 is 1.90. The van der Waals surface area contributed by atoms with Gasteiger partial charge in [-0.25, -0.2) is 15.0 Å². The Bertz CT molecular complexity index is 474. The number of hydrogen-bond acceptors (Lipinski definition) is 4. The molecule has 2 aromatic rings. The average Bonchev–Trinajstić information content (AvgIpc) is 2.63. The highest BCUT2D eigenvalue weighted by atomic mass is 15.1. The number of anilines is 1. The Morgan fingerprint density at radius 3 is 2.80 bits per heavy atom. The molecule has 2 N–H and O–H groups in total. The standard InChI is InChI=1S/C10H13N5/c1-3-9-13-7(6-8(11)14-9)10-12-4-5-15(10)2/h4-6H,3H2,1-2H3,(H2,11,13,14). The minimum Gasteiger partial charge on any atom is -0.384 e. The van der Waals surface area contributed by atoms with Gasteiger partial charge in [-0.1, -0.05) is 6.92 Å². The van der Waals surface area contributed by atoms with E-state index in [2.05, 4.69) is 15.0 Å². The van der Waals surface area contributed by atoms with Crippen LogP contribution in [0.25, 0.3) is 11.5 Å². The van der Waals surface area contributed by atoms with E-state index in [0.717, 1.165) is 23.8 Å². The molecule has 0 fully saturated rings. The third-order valence-corrected chi connectivity index (χ3v) is 2.16. The molecule has 78 valence electrons. The molecule has 0 aliphatic carbocycles. The molecule has 0 spiro atoms. The molecule has 2 rings (SSSR count). The van der Waals surface area contributed by atoms with Crippen molar-refractivity contribution in [1.82, 2.24) is 19.5 Å². The second kappa shape index (κ2) is 3.68. The topological polar surface area (TPSA) is 69.6 Å². The van der Waals surface area contributed by atoms with Gasteiger partial charge in [0.2, 0.25) is 0 Å². The molecule has 0 aromatic carbocycles. The Kier molecular flexibility index (Phi) is 2.37. The number of nitrogen functional groups attached to an aromatic ring is 1. The third kappa shape index (κ3) is 1.81. The highest BCUT2D eigenvalue weighted by Crippen LogP contribution is 2.16. The van der Waals surface area contributed by atoms with Crippen molar-refractivity contribution in [2.75, 3.05) is 5.73 Å². The molecular weight excluding hydrogens is 190 g/mol. The predicted molar refractivity (Wildman–Crippen MR) is 58.0 cm³/mol. The maximum atomic E-state index is 5.70. The first-order valence-electron chi connectivity index (χ1n) is 4.82. The number of nitrogens with two attached hydrogens (primary N) is 1. The summed E-state index contributed by atoms with van der Waals surface area (Å²) >= 11 is 0. The Labute approximate surface area is 88.0 Å². The Hall–Kier alpha value is -1.91. The molecule has 5 nitrogen and oxygen atoms in total. The van der Waals surface area contributed by atoms with Crippen LogP contribution < -0.4 is 5.73 Å². The highest BCUT2D eigenvalue weighted by Gasteiger charge is 2.07. The van der Waals surface area contributed by atoms with Gasteiger partial charge in [0.15, 0.2) is 5.82 Å². The fourth-order valence-electron chi connectivity index (χ4n) is 1.40. The fourth-order valence-corrected chi connectivity index (χ4v) is 1.40. The van der Waals surface area contributed by atoms with Crippen LogP contribution in [0.4, 0.5) is 5.82 Å². The second-order valence-electron chi connectivity index (χ2n) is 3.31. The molecule has 0 aliphatic heterocycles. The maximum Gasteiger partial charge on any atom is 0.158 e. The lowest BCUT2D eigenvalue weighted by Crippen LogP contribution is -2.02. The van der Waals surface area contributed by atoms with Crippen molar-refractivity contribution in [3.05, 3.63) is 24.3 Å². The molecule has 0 unspecified atom stereocenters. The van der Waals surface area contributed by atoms with Crippen molar-refractivity contribution in [1.29, 1.82) is 0 Å². The van der Waals surface area contributed by atoms with Crippen LogP contribution in [-0.2, 0) is 13.5 Å². The van der Waals surface area contributed by atoms with Crippen LogP contribution in [0, 0.1) is 0 Å². The van der Waals surface area contributed by atoms with Crippen molar-refractivity contribution in [3.8, 4) is 11.5 Å². The van der Waals surface area contributed by atoms with Crippen LogP contribution in [0.2, 0.25) is 0 Å². The lowest BCUT2D eigenvalue weighted by molar-refractivity contribution is 0.896. The van der Waals surface area contributed by atoms with Crippen LogP contribution in [0.5, 0.6) is 0 Å². The zero-order valence-electron chi connectivity index (χ0n) is 8.81. The highest BCUT2D eigenvalue weighted by molar-refractivity contribution is 5.54. The quantitative estimate of drug-likeness (QED) is 0.791. The summed E-state index contributed by atoms with van der Waals surface area (Å²) in [5, 5.41) is 0. The Balaban J connectivity index is 2.53. The lowest BCUT2D eigenvalue weighted by Gasteiger charge is -2.04. The molecule has 2 heterocycles. The van der Waals surface area contributed by atoms with E-state index in [0.29, 0.717) is 5.82 Å². The number of rotatable bonds is 2. The maximum absolute atomic E-state index is 5.70. The first-order chi connectivity index (χ1) is 7.20. The van der Waals surface area contributed by atoms with Crippen molar-refractivity contribution in [2.24, 2.45) is 7.05 Å². The molecule has 15 heavy (non-hydrogen) atoms. The molecule has 0 saturated heterocycles. The third-order valence-electron chi connectivity index (χ3n) is 2.16. The molecule has 0 aliphatic rings. The van der Waals surface area contributed by atoms with E-state index in [4.69, 9.17) is 5.73 Å². The smallest absolute Gasteiger partial charge is 0.158 e. The van der Waals surface area contributed by atoms with Crippen molar-refractivity contribution in [3.63, 3.8) is 0 Å². The van der Waals surface area contributed by atoms with Gasteiger partial charge in [0.1, 0.15) is 17.3 Å². The van der Waals surface area contributed by atoms with E-state index >= 15 is 0 Å². The van der Waals surface area contributed by atoms with Crippen LogP contribution in [0.15, 0.2) is 18.5 Å². The molecule has 0 amide bonds. The molecule has 5 heteroatoms. The van der Waals surface area contributed by atoms with Crippen LogP contribution in [-0.4, -0.2) is 19.5 Å². The van der Waals surface area contributed by atoms with E-state index < -0.39 is 0 Å². The van der Waals surface area contributed by atoms with Crippen molar-refractivity contribution in [2.45, 2.75) is 13.3 Å². The predicted octanol–water partition coefficient (Wildman–Crippen LogP) is 1.02. The van der Waals surface area contributed by atoms with Crippen molar-refractivity contribution < 1.29 is 0 Å².